The summed E-state index contributed by atoms with van der Waals surface area (Å²) in [4.78, 5) is 11.9. The Balaban J connectivity index is 2.40. The molecule has 0 amide bonds. The Hall–Kier alpha value is -1.00. The first-order chi connectivity index (χ1) is 9.62. The zero-order chi connectivity index (χ0) is 14.8. The number of hydrogen-bond acceptors (Lipinski definition) is 4. The van der Waals surface area contributed by atoms with Crippen molar-refractivity contribution in [1.29, 1.82) is 0 Å². The molecule has 3 nitrogen and oxygen atoms in total. The number of esters is 1. The van der Waals surface area contributed by atoms with Crippen LogP contribution in [0.5, 0.6) is 0 Å². The molecule has 0 aliphatic heterocycles. The molecule has 1 unspecified atom stereocenters. The fourth-order valence-corrected chi connectivity index (χ4v) is 3.05. The molecular weight excluding hydrogens is 270 g/mol. The molecule has 1 rings (SSSR count). The molecule has 20 heavy (non-hydrogen) atoms. The molecule has 0 aromatic heterocycles. The topological polar surface area (TPSA) is 38.3 Å². The first-order valence-corrected chi connectivity index (χ1v) is 8.23. The van der Waals surface area contributed by atoms with Crippen LogP contribution in [0.2, 0.25) is 0 Å². The predicted molar refractivity (Wildman–Crippen MR) is 85.9 cm³/mol. The standard InChI is InChI=1S/C16H25NO2S/c1-4-11-17-16(2,15(18)19-3)10-12-20-13-14-8-6-5-7-9-14/h5-9,17H,4,10-13H2,1-3H3. The average molecular weight is 295 g/mol. The molecule has 0 spiro atoms. The van der Waals surface area contributed by atoms with Gasteiger partial charge in [-0.15, -0.1) is 0 Å². The van der Waals surface area contributed by atoms with Gasteiger partial charge in [-0.1, -0.05) is 37.3 Å². The van der Waals surface area contributed by atoms with Crippen molar-refractivity contribution < 1.29 is 9.53 Å². The van der Waals surface area contributed by atoms with Crippen molar-refractivity contribution in [3.05, 3.63) is 35.9 Å². The summed E-state index contributed by atoms with van der Waals surface area (Å²) < 4.78 is 4.92. The molecule has 0 bridgehead atoms. The number of carbonyl (C=O) groups is 1. The van der Waals surface area contributed by atoms with Crippen LogP contribution in [-0.4, -0.2) is 30.9 Å². The monoisotopic (exact) mass is 295 g/mol. The van der Waals surface area contributed by atoms with Gasteiger partial charge in [0.15, 0.2) is 0 Å². The average Bonchev–Trinajstić information content (AvgIpc) is 2.49. The highest BCUT2D eigenvalue weighted by molar-refractivity contribution is 7.98. The molecule has 0 heterocycles. The first-order valence-electron chi connectivity index (χ1n) is 7.07. The van der Waals surface area contributed by atoms with E-state index in [1.54, 1.807) is 0 Å². The van der Waals surface area contributed by atoms with Crippen LogP contribution >= 0.6 is 11.8 Å². The maximum Gasteiger partial charge on any atom is 0.325 e. The molecule has 1 aromatic rings. The van der Waals surface area contributed by atoms with Gasteiger partial charge in [-0.2, -0.15) is 11.8 Å². The van der Waals surface area contributed by atoms with Crippen LogP contribution in [0.25, 0.3) is 0 Å². The Morgan fingerprint density at radius 3 is 2.65 bits per heavy atom. The van der Waals surface area contributed by atoms with Crippen molar-refractivity contribution in [2.45, 2.75) is 38.0 Å². The second-order valence-electron chi connectivity index (χ2n) is 5.04. The fraction of sp³-hybridized carbons (Fsp3) is 0.562. The van der Waals surface area contributed by atoms with Crippen LogP contribution in [0, 0.1) is 0 Å². The number of thioether (sulfide) groups is 1. The Labute approximate surface area is 126 Å². The highest BCUT2D eigenvalue weighted by atomic mass is 32.2. The number of methoxy groups -OCH3 is 1. The number of rotatable bonds is 9. The third-order valence-electron chi connectivity index (χ3n) is 3.26. The van der Waals surface area contributed by atoms with Crippen molar-refractivity contribution in [3.63, 3.8) is 0 Å². The zero-order valence-corrected chi connectivity index (χ0v) is 13.5. The number of nitrogens with one attached hydrogen (secondary N) is 1. The minimum Gasteiger partial charge on any atom is -0.468 e. The normalized spacial score (nSPS) is 13.8. The van der Waals surface area contributed by atoms with Gasteiger partial charge in [-0.25, -0.2) is 0 Å². The summed E-state index contributed by atoms with van der Waals surface area (Å²) in [6.45, 7) is 4.85. The maximum atomic E-state index is 11.9. The summed E-state index contributed by atoms with van der Waals surface area (Å²) in [6, 6.07) is 10.4. The van der Waals surface area contributed by atoms with E-state index in [1.807, 2.05) is 24.8 Å². The van der Waals surface area contributed by atoms with E-state index in [1.165, 1.54) is 12.7 Å². The largest absolute Gasteiger partial charge is 0.468 e. The van der Waals surface area contributed by atoms with Crippen molar-refractivity contribution in [3.8, 4) is 0 Å². The number of benzene rings is 1. The van der Waals surface area contributed by atoms with Crippen LogP contribution in [0.4, 0.5) is 0 Å². The van der Waals surface area contributed by atoms with Crippen LogP contribution in [0.15, 0.2) is 30.3 Å². The van der Waals surface area contributed by atoms with E-state index in [-0.39, 0.29) is 5.97 Å². The lowest BCUT2D eigenvalue weighted by atomic mass is 9.99. The summed E-state index contributed by atoms with van der Waals surface area (Å²) in [5.74, 6) is 1.73. The van der Waals surface area contributed by atoms with Gasteiger partial charge in [0.25, 0.3) is 0 Å². The van der Waals surface area contributed by atoms with Crippen LogP contribution in [-0.2, 0) is 15.3 Å². The van der Waals surface area contributed by atoms with E-state index < -0.39 is 5.54 Å². The van der Waals surface area contributed by atoms with E-state index in [9.17, 15) is 4.79 Å². The first kappa shape index (κ1) is 17.1. The van der Waals surface area contributed by atoms with Gasteiger partial charge in [0.05, 0.1) is 7.11 Å². The number of carbonyl (C=O) groups excluding carboxylic acids is 1. The molecule has 4 heteroatoms. The summed E-state index contributed by atoms with van der Waals surface area (Å²) in [5.41, 5.74) is 0.743. The van der Waals surface area contributed by atoms with E-state index in [0.717, 1.165) is 30.9 Å². The smallest absolute Gasteiger partial charge is 0.325 e. The van der Waals surface area contributed by atoms with Crippen molar-refractivity contribution >= 4 is 17.7 Å². The fourth-order valence-electron chi connectivity index (χ4n) is 1.93. The number of hydrogen-bond donors (Lipinski definition) is 1. The SMILES string of the molecule is CCCNC(C)(CCSCc1ccccc1)C(=O)OC. The molecular formula is C16H25NO2S. The van der Waals surface area contributed by atoms with Crippen LogP contribution < -0.4 is 5.32 Å². The van der Waals surface area contributed by atoms with Gasteiger partial charge in [0.2, 0.25) is 0 Å². The van der Waals surface area contributed by atoms with Crippen LogP contribution in [0.1, 0.15) is 32.3 Å². The number of ether oxygens (including phenoxy) is 1. The molecule has 0 radical (unpaired) electrons. The van der Waals surface area contributed by atoms with Gasteiger partial charge in [0, 0.05) is 5.75 Å². The zero-order valence-electron chi connectivity index (χ0n) is 12.6. The molecule has 1 N–H and O–H groups in total. The second kappa shape index (κ2) is 9.03. The molecule has 0 saturated heterocycles. The predicted octanol–water partition coefficient (Wildman–Crippen LogP) is 3.24. The molecule has 112 valence electrons. The molecule has 0 aliphatic rings. The molecule has 0 aliphatic carbocycles. The van der Waals surface area contributed by atoms with Gasteiger partial charge in [0.1, 0.15) is 5.54 Å². The molecule has 0 fully saturated rings. The minimum absolute atomic E-state index is 0.175. The lowest BCUT2D eigenvalue weighted by Crippen LogP contribution is -2.50. The van der Waals surface area contributed by atoms with Gasteiger partial charge >= 0.3 is 5.97 Å². The van der Waals surface area contributed by atoms with Crippen molar-refractivity contribution in [2.24, 2.45) is 0 Å². The van der Waals surface area contributed by atoms with Crippen LogP contribution in [0.3, 0.4) is 0 Å². The Kier molecular flexibility index (Phi) is 7.70. The summed E-state index contributed by atoms with van der Waals surface area (Å²) in [6.07, 6.45) is 1.78. The van der Waals surface area contributed by atoms with Crippen molar-refractivity contribution in [1.82, 2.24) is 5.32 Å². The Morgan fingerprint density at radius 2 is 2.05 bits per heavy atom. The third-order valence-corrected chi connectivity index (χ3v) is 4.29. The highest BCUT2D eigenvalue weighted by Gasteiger charge is 2.32. The van der Waals surface area contributed by atoms with E-state index in [4.69, 9.17) is 4.74 Å². The van der Waals surface area contributed by atoms with E-state index in [2.05, 4.69) is 36.5 Å². The molecule has 1 aromatic carbocycles. The van der Waals surface area contributed by atoms with Gasteiger partial charge in [-0.05, 0) is 37.6 Å². The Morgan fingerprint density at radius 1 is 1.35 bits per heavy atom. The summed E-state index contributed by atoms with van der Waals surface area (Å²) in [5, 5.41) is 3.31. The molecule has 1 atom stereocenters. The van der Waals surface area contributed by atoms with Gasteiger partial charge in [-0.3, -0.25) is 4.79 Å². The Bertz CT molecular complexity index is 397. The van der Waals surface area contributed by atoms with Crippen molar-refractivity contribution in [2.75, 3.05) is 19.4 Å². The third kappa shape index (κ3) is 5.55. The summed E-state index contributed by atoms with van der Waals surface area (Å²) >= 11 is 1.85. The molecule has 0 saturated carbocycles. The maximum absolute atomic E-state index is 11.9. The quantitative estimate of drug-likeness (QED) is 0.561. The minimum atomic E-state index is -0.575. The highest BCUT2D eigenvalue weighted by Crippen LogP contribution is 2.19. The lowest BCUT2D eigenvalue weighted by Gasteiger charge is -2.27. The lowest BCUT2D eigenvalue weighted by molar-refractivity contribution is -0.148. The summed E-state index contributed by atoms with van der Waals surface area (Å²) in [7, 11) is 1.45. The van der Waals surface area contributed by atoms with E-state index >= 15 is 0 Å². The van der Waals surface area contributed by atoms with E-state index in [0.29, 0.717) is 0 Å². The van der Waals surface area contributed by atoms with Gasteiger partial charge < -0.3 is 10.1 Å². The second-order valence-corrected chi connectivity index (χ2v) is 6.14.